The average molecular weight is 140 g/mol. The van der Waals surface area contributed by atoms with Crippen LogP contribution >= 0.6 is 12.2 Å². The van der Waals surface area contributed by atoms with E-state index < -0.39 is 0 Å². The quantitative estimate of drug-likeness (QED) is 0.538. The Morgan fingerprint density at radius 1 is 1.67 bits per heavy atom. The summed E-state index contributed by atoms with van der Waals surface area (Å²) < 4.78 is 0.724. The number of hydrogen-bond donors (Lipinski definition) is 2. The molecule has 1 aromatic rings. The molecule has 3 heteroatoms. The Bertz CT molecular complexity index is 264. The Morgan fingerprint density at radius 2 is 2.33 bits per heavy atom. The number of H-pyrrole nitrogens is 1. The van der Waals surface area contributed by atoms with E-state index in [1.807, 2.05) is 13.0 Å². The second-order valence-electron chi connectivity index (χ2n) is 1.94. The Balaban J connectivity index is 3.34. The van der Waals surface area contributed by atoms with Crippen molar-refractivity contribution in [3.05, 3.63) is 22.5 Å². The molecule has 0 aliphatic rings. The van der Waals surface area contributed by atoms with Gasteiger partial charge in [-0.25, -0.2) is 0 Å². The second kappa shape index (κ2) is 2.19. The van der Waals surface area contributed by atoms with Crippen LogP contribution in [0.15, 0.2) is 12.3 Å². The van der Waals surface area contributed by atoms with E-state index in [-0.39, 0.29) is 0 Å². The smallest absolute Gasteiger partial charge is 0.103 e. The number of hydrogen-bond acceptors (Lipinski definition) is 2. The molecule has 9 heavy (non-hydrogen) atoms. The molecule has 0 aromatic carbocycles. The van der Waals surface area contributed by atoms with Crippen molar-refractivity contribution < 1.29 is 0 Å². The fourth-order valence-electron chi connectivity index (χ4n) is 0.584. The number of nitrogen functional groups attached to an aromatic ring is 1. The lowest BCUT2D eigenvalue weighted by molar-refractivity contribution is 1.26. The molecule has 0 bridgehead atoms. The summed E-state index contributed by atoms with van der Waals surface area (Å²) in [5.41, 5.74) is 7.29. The van der Waals surface area contributed by atoms with Gasteiger partial charge in [0.2, 0.25) is 0 Å². The van der Waals surface area contributed by atoms with Gasteiger partial charge in [0.05, 0.1) is 5.69 Å². The summed E-state index contributed by atoms with van der Waals surface area (Å²) in [6.45, 7) is 1.93. The van der Waals surface area contributed by atoms with Crippen molar-refractivity contribution in [2.75, 3.05) is 5.73 Å². The van der Waals surface area contributed by atoms with Crippen LogP contribution in [0, 0.1) is 11.6 Å². The van der Waals surface area contributed by atoms with Gasteiger partial charge in [0.15, 0.2) is 0 Å². The Kier molecular flexibility index (Phi) is 1.53. The maximum Gasteiger partial charge on any atom is 0.103 e. The fourth-order valence-corrected chi connectivity index (χ4v) is 0.820. The van der Waals surface area contributed by atoms with Crippen molar-refractivity contribution in [2.45, 2.75) is 6.92 Å². The lowest BCUT2D eigenvalue weighted by Crippen LogP contribution is -1.89. The molecule has 0 unspecified atom stereocenters. The van der Waals surface area contributed by atoms with E-state index in [9.17, 15) is 0 Å². The maximum atomic E-state index is 5.51. The Labute approximate surface area is 58.7 Å². The number of anilines is 1. The first-order valence-corrected chi connectivity index (χ1v) is 3.06. The minimum absolute atomic E-state index is 0.724. The molecule has 1 heterocycles. The number of aromatic amines is 1. The van der Waals surface area contributed by atoms with Gasteiger partial charge in [0, 0.05) is 6.20 Å². The largest absolute Gasteiger partial charge is 0.397 e. The molecule has 0 aliphatic carbocycles. The molecule has 0 radical (unpaired) electrons. The molecule has 0 aliphatic heterocycles. The van der Waals surface area contributed by atoms with E-state index in [4.69, 9.17) is 18.0 Å². The highest BCUT2D eigenvalue weighted by Crippen LogP contribution is 2.05. The Morgan fingerprint density at radius 3 is 2.78 bits per heavy atom. The van der Waals surface area contributed by atoms with E-state index in [0.29, 0.717) is 0 Å². The van der Waals surface area contributed by atoms with E-state index in [2.05, 4.69) is 4.98 Å². The lowest BCUT2D eigenvalue weighted by atomic mass is 10.3. The van der Waals surface area contributed by atoms with E-state index in [0.717, 1.165) is 15.9 Å². The maximum absolute atomic E-state index is 5.51. The van der Waals surface area contributed by atoms with Crippen LogP contribution < -0.4 is 5.73 Å². The molecule has 1 rings (SSSR count). The fraction of sp³-hybridized carbons (Fsp3) is 0.167. The van der Waals surface area contributed by atoms with E-state index in [1.54, 1.807) is 6.20 Å². The van der Waals surface area contributed by atoms with Crippen molar-refractivity contribution in [1.82, 2.24) is 4.98 Å². The zero-order chi connectivity index (χ0) is 6.85. The van der Waals surface area contributed by atoms with Crippen LogP contribution in [0.1, 0.15) is 5.56 Å². The highest BCUT2D eigenvalue weighted by molar-refractivity contribution is 7.71. The molecule has 0 atom stereocenters. The highest BCUT2D eigenvalue weighted by atomic mass is 32.1. The molecule has 0 fully saturated rings. The predicted molar refractivity (Wildman–Crippen MR) is 40.8 cm³/mol. The second-order valence-corrected chi connectivity index (χ2v) is 2.38. The third-order valence-electron chi connectivity index (χ3n) is 1.17. The number of pyridine rings is 1. The number of nitrogens with two attached hydrogens (primary N) is 1. The molecule has 3 N–H and O–H groups in total. The van der Waals surface area contributed by atoms with Gasteiger partial charge in [-0.3, -0.25) is 0 Å². The highest BCUT2D eigenvalue weighted by Gasteiger charge is 1.87. The SMILES string of the molecule is Cc1cc(=S)[nH]cc1N. The molecule has 0 saturated carbocycles. The van der Waals surface area contributed by atoms with Gasteiger partial charge in [-0.05, 0) is 18.6 Å². The summed E-state index contributed by atoms with van der Waals surface area (Å²) in [6, 6.07) is 1.84. The number of rotatable bonds is 0. The van der Waals surface area contributed by atoms with Crippen LogP contribution in [0.2, 0.25) is 0 Å². The number of aromatic nitrogens is 1. The molecule has 2 nitrogen and oxygen atoms in total. The molecule has 0 amide bonds. The summed E-state index contributed by atoms with van der Waals surface area (Å²) in [6.07, 6.45) is 1.71. The predicted octanol–water partition coefficient (Wildman–Crippen LogP) is 1.63. The van der Waals surface area contributed by atoms with Crippen LogP contribution in [-0.4, -0.2) is 4.98 Å². The molecule has 48 valence electrons. The van der Waals surface area contributed by atoms with Crippen LogP contribution in [0.3, 0.4) is 0 Å². The first-order valence-electron chi connectivity index (χ1n) is 2.65. The van der Waals surface area contributed by atoms with Gasteiger partial charge in [-0.1, -0.05) is 12.2 Å². The first kappa shape index (κ1) is 6.29. The minimum Gasteiger partial charge on any atom is -0.397 e. The van der Waals surface area contributed by atoms with E-state index in [1.165, 1.54) is 0 Å². The van der Waals surface area contributed by atoms with Crippen molar-refractivity contribution in [2.24, 2.45) is 0 Å². The Hall–Kier alpha value is -0.830. The lowest BCUT2D eigenvalue weighted by Gasteiger charge is -1.95. The normalized spacial score (nSPS) is 9.44. The number of aryl methyl sites for hydroxylation is 1. The zero-order valence-electron chi connectivity index (χ0n) is 5.14. The van der Waals surface area contributed by atoms with Crippen LogP contribution in [-0.2, 0) is 0 Å². The molecular formula is C6H8N2S. The topological polar surface area (TPSA) is 41.8 Å². The monoisotopic (exact) mass is 140 g/mol. The molecule has 0 saturated heterocycles. The van der Waals surface area contributed by atoms with Crippen molar-refractivity contribution in [1.29, 1.82) is 0 Å². The van der Waals surface area contributed by atoms with Crippen molar-refractivity contribution in [3.63, 3.8) is 0 Å². The molecule has 0 spiro atoms. The number of nitrogens with one attached hydrogen (secondary N) is 1. The zero-order valence-corrected chi connectivity index (χ0v) is 5.96. The van der Waals surface area contributed by atoms with Gasteiger partial charge >= 0.3 is 0 Å². The van der Waals surface area contributed by atoms with Crippen molar-refractivity contribution >= 4 is 17.9 Å². The third kappa shape index (κ3) is 1.29. The third-order valence-corrected chi connectivity index (χ3v) is 1.41. The molecule has 1 aromatic heterocycles. The van der Waals surface area contributed by atoms with Gasteiger partial charge in [0.25, 0.3) is 0 Å². The van der Waals surface area contributed by atoms with Crippen molar-refractivity contribution in [3.8, 4) is 0 Å². The molecular weight excluding hydrogens is 132 g/mol. The van der Waals surface area contributed by atoms with Crippen LogP contribution in [0.4, 0.5) is 5.69 Å². The van der Waals surface area contributed by atoms with Gasteiger partial charge < -0.3 is 10.7 Å². The van der Waals surface area contributed by atoms with E-state index >= 15 is 0 Å². The average Bonchev–Trinajstić information content (AvgIpc) is 1.80. The summed E-state index contributed by atoms with van der Waals surface area (Å²) in [4.78, 5) is 2.83. The minimum atomic E-state index is 0.724. The van der Waals surface area contributed by atoms with Crippen LogP contribution in [0.25, 0.3) is 0 Å². The summed E-state index contributed by atoms with van der Waals surface area (Å²) in [5, 5.41) is 0. The summed E-state index contributed by atoms with van der Waals surface area (Å²) in [7, 11) is 0. The summed E-state index contributed by atoms with van der Waals surface area (Å²) >= 11 is 4.85. The van der Waals surface area contributed by atoms with Gasteiger partial charge in [-0.2, -0.15) is 0 Å². The van der Waals surface area contributed by atoms with Gasteiger partial charge in [0.1, 0.15) is 4.64 Å². The van der Waals surface area contributed by atoms with Gasteiger partial charge in [-0.15, -0.1) is 0 Å². The summed E-state index contributed by atoms with van der Waals surface area (Å²) in [5.74, 6) is 0. The standard InChI is InChI=1S/C6H8N2S/c1-4-2-6(9)8-3-5(4)7/h2-3H,7H2,1H3,(H,8,9). The van der Waals surface area contributed by atoms with Crippen LogP contribution in [0.5, 0.6) is 0 Å². The first-order chi connectivity index (χ1) is 4.20.